The van der Waals surface area contributed by atoms with E-state index < -0.39 is 6.10 Å². The Kier molecular flexibility index (Phi) is 4.17. The third kappa shape index (κ3) is 2.95. The Morgan fingerprint density at radius 3 is 2.88 bits per heavy atom. The number of nitrogens with one attached hydrogen (secondary N) is 3. The number of carbonyl (C=O) groups excluding carboxylic acids is 1. The Morgan fingerprint density at radius 2 is 2.04 bits per heavy atom. The topological polar surface area (TPSA) is 77.2 Å². The van der Waals surface area contributed by atoms with Crippen LogP contribution in [-0.4, -0.2) is 22.2 Å². The second-order valence-corrected chi connectivity index (χ2v) is 7.03. The van der Waals surface area contributed by atoms with Gasteiger partial charge in [-0.1, -0.05) is 30.3 Å². The third-order valence-corrected chi connectivity index (χ3v) is 5.32. The zero-order valence-electron chi connectivity index (χ0n) is 15.0. The average Bonchev–Trinajstić information content (AvgIpc) is 3.10. The van der Waals surface area contributed by atoms with Crippen LogP contribution in [0.1, 0.15) is 34.0 Å². The van der Waals surface area contributed by atoms with E-state index in [-0.39, 0.29) is 12.1 Å². The van der Waals surface area contributed by atoms with Crippen molar-refractivity contribution in [2.45, 2.75) is 39.0 Å². The first kappa shape index (κ1) is 16.7. The van der Waals surface area contributed by atoms with Gasteiger partial charge >= 0.3 is 6.03 Å². The molecule has 2 aromatic carbocycles. The van der Waals surface area contributed by atoms with E-state index in [1.807, 2.05) is 36.4 Å². The molecule has 1 aliphatic rings. The number of fused-ring (bicyclic) bond motifs is 2. The first-order chi connectivity index (χ1) is 12.5. The molecule has 0 spiro atoms. The summed E-state index contributed by atoms with van der Waals surface area (Å²) in [5.74, 6) is 0. The predicted octanol–water partition coefficient (Wildman–Crippen LogP) is 3.24. The molecule has 0 radical (unpaired) electrons. The van der Waals surface area contributed by atoms with Crippen LogP contribution in [0.5, 0.6) is 0 Å². The lowest BCUT2D eigenvalue weighted by Gasteiger charge is -2.18. The van der Waals surface area contributed by atoms with Gasteiger partial charge in [-0.05, 0) is 48.2 Å². The van der Waals surface area contributed by atoms with Crippen molar-refractivity contribution in [3.63, 3.8) is 0 Å². The number of aliphatic hydroxyl groups excluding tert-OH is 1. The number of aromatic amines is 1. The molecular formula is C21H23N3O2. The summed E-state index contributed by atoms with van der Waals surface area (Å²) in [5, 5.41) is 17.2. The van der Waals surface area contributed by atoms with Crippen LogP contribution in [-0.2, 0) is 13.0 Å². The zero-order valence-corrected chi connectivity index (χ0v) is 15.0. The van der Waals surface area contributed by atoms with E-state index in [9.17, 15) is 9.90 Å². The zero-order chi connectivity index (χ0) is 18.3. The molecule has 134 valence electrons. The van der Waals surface area contributed by atoms with Crippen molar-refractivity contribution in [3.8, 4) is 0 Å². The highest BCUT2D eigenvalue weighted by Gasteiger charge is 2.31. The number of carbonyl (C=O) groups is 1. The smallest absolute Gasteiger partial charge is 0.315 e. The van der Waals surface area contributed by atoms with Crippen LogP contribution < -0.4 is 10.6 Å². The Bertz CT molecular complexity index is 977. The first-order valence-electron chi connectivity index (χ1n) is 8.91. The summed E-state index contributed by atoms with van der Waals surface area (Å²) in [4.78, 5) is 15.7. The number of rotatable bonds is 3. The molecule has 5 nitrogen and oxygen atoms in total. The molecule has 3 aromatic rings. The largest absolute Gasteiger partial charge is 0.390 e. The predicted molar refractivity (Wildman–Crippen MR) is 102 cm³/mol. The number of aliphatic hydroxyl groups is 1. The highest BCUT2D eigenvalue weighted by atomic mass is 16.3. The van der Waals surface area contributed by atoms with Crippen molar-refractivity contribution in [1.82, 2.24) is 15.6 Å². The van der Waals surface area contributed by atoms with E-state index >= 15 is 0 Å². The number of H-pyrrole nitrogens is 1. The van der Waals surface area contributed by atoms with Crippen molar-refractivity contribution in [1.29, 1.82) is 0 Å². The van der Waals surface area contributed by atoms with Crippen LogP contribution in [0.3, 0.4) is 0 Å². The van der Waals surface area contributed by atoms with Crippen LogP contribution in [0.25, 0.3) is 10.9 Å². The minimum atomic E-state index is -0.583. The van der Waals surface area contributed by atoms with Crippen LogP contribution >= 0.6 is 0 Å². The molecule has 0 saturated heterocycles. The van der Waals surface area contributed by atoms with E-state index in [2.05, 4.69) is 35.5 Å². The third-order valence-electron chi connectivity index (χ3n) is 5.32. The Hall–Kier alpha value is -2.79. The number of aryl methyl sites for hydroxylation is 2. The number of amides is 2. The second-order valence-electron chi connectivity index (χ2n) is 7.03. The van der Waals surface area contributed by atoms with Gasteiger partial charge in [0.1, 0.15) is 0 Å². The van der Waals surface area contributed by atoms with Crippen LogP contribution in [0.2, 0.25) is 0 Å². The monoisotopic (exact) mass is 349 g/mol. The van der Waals surface area contributed by atoms with Gasteiger partial charge in [-0.2, -0.15) is 0 Å². The van der Waals surface area contributed by atoms with Gasteiger partial charge < -0.3 is 20.7 Å². The lowest BCUT2D eigenvalue weighted by molar-refractivity contribution is 0.142. The lowest BCUT2D eigenvalue weighted by Crippen LogP contribution is -2.40. The van der Waals surface area contributed by atoms with Gasteiger partial charge in [-0.3, -0.25) is 0 Å². The van der Waals surface area contributed by atoms with E-state index in [1.54, 1.807) is 0 Å². The van der Waals surface area contributed by atoms with Crippen molar-refractivity contribution >= 4 is 16.9 Å². The molecule has 2 atom stereocenters. The van der Waals surface area contributed by atoms with Gasteiger partial charge in [0.15, 0.2) is 0 Å². The Balaban J connectivity index is 1.42. The first-order valence-corrected chi connectivity index (χ1v) is 8.91. The molecule has 1 aliphatic carbocycles. The molecule has 2 unspecified atom stereocenters. The van der Waals surface area contributed by atoms with Gasteiger partial charge in [0.2, 0.25) is 0 Å². The summed E-state index contributed by atoms with van der Waals surface area (Å²) in [6, 6.07) is 13.4. The minimum absolute atomic E-state index is 0.271. The molecule has 4 rings (SSSR count). The van der Waals surface area contributed by atoms with E-state index in [0.29, 0.717) is 13.0 Å². The quantitative estimate of drug-likeness (QED) is 0.586. The second kappa shape index (κ2) is 6.50. The van der Waals surface area contributed by atoms with Gasteiger partial charge in [0, 0.05) is 29.6 Å². The molecule has 0 fully saturated rings. The maximum absolute atomic E-state index is 12.3. The molecule has 4 N–H and O–H groups in total. The fourth-order valence-electron chi connectivity index (χ4n) is 3.74. The fraction of sp³-hybridized carbons (Fsp3) is 0.286. The molecule has 2 amide bonds. The molecule has 0 aliphatic heterocycles. The number of hydrogen-bond acceptors (Lipinski definition) is 2. The molecule has 0 saturated carbocycles. The Morgan fingerprint density at radius 1 is 1.23 bits per heavy atom. The highest BCUT2D eigenvalue weighted by molar-refractivity contribution is 5.85. The van der Waals surface area contributed by atoms with E-state index in [4.69, 9.17) is 0 Å². The molecule has 1 aromatic heterocycles. The normalized spacial score (nSPS) is 18.7. The van der Waals surface area contributed by atoms with Crippen molar-refractivity contribution < 1.29 is 9.90 Å². The van der Waals surface area contributed by atoms with Gasteiger partial charge in [0.25, 0.3) is 0 Å². The standard InChI is InChI=1S/C21H23N3O2/c1-12-13(2)23-18-8-7-14(9-17(12)18)11-22-21(26)24-20-16-6-4-3-5-15(16)10-19(20)25/h3-9,19-20,23,25H,10-11H2,1-2H3,(H2,22,24,26). The molecular weight excluding hydrogens is 326 g/mol. The van der Waals surface area contributed by atoms with Crippen molar-refractivity contribution in [2.24, 2.45) is 0 Å². The number of urea groups is 1. The van der Waals surface area contributed by atoms with Gasteiger partial charge in [0.05, 0.1) is 12.1 Å². The summed E-state index contributed by atoms with van der Waals surface area (Å²) < 4.78 is 0. The summed E-state index contributed by atoms with van der Waals surface area (Å²) in [5.41, 5.74) is 6.64. The summed E-state index contributed by atoms with van der Waals surface area (Å²) >= 11 is 0. The van der Waals surface area contributed by atoms with Crippen LogP contribution in [0.15, 0.2) is 42.5 Å². The fourth-order valence-corrected chi connectivity index (χ4v) is 3.74. The van der Waals surface area contributed by atoms with Gasteiger partial charge in [-0.25, -0.2) is 4.79 Å². The maximum Gasteiger partial charge on any atom is 0.315 e. The van der Waals surface area contributed by atoms with Gasteiger partial charge in [-0.15, -0.1) is 0 Å². The minimum Gasteiger partial charge on any atom is -0.390 e. The highest BCUT2D eigenvalue weighted by Crippen LogP contribution is 2.31. The molecule has 26 heavy (non-hydrogen) atoms. The summed E-state index contributed by atoms with van der Waals surface area (Å²) in [7, 11) is 0. The maximum atomic E-state index is 12.3. The lowest BCUT2D eigenvalue weighted by atomic mass is 10.1. The van der Waals surface area contributed by atoms with E-state index in [0.717, 1.165) is 27.9 Å². The Labute approximate surface area is 152 Å². The van der Waals surface area contributed by atoms with Crippen molar-refractivity contribution in [3.05, 3.63) is 70.4 Å². The molecule has 0 bridgehead atoms. The van der Waals surface area contributed by atoms with Crippen LogP contribution in [0, 0.1) is 13.8 Å². The SMILES string of the molecule is Cc1[nH]c2ccc(CNC(=O)NC3c4ccccc4CC3O)cc2c1C. The molecule has 5 heteroatoms. The van der Waals surface area contributed by atoms with Crippen LogP contribution in [0.4, 0.5) is 4.79 Å². The van der Waals surface area contributed by atoms with Crippen molar-refractivity contribution in [2.75, 3.05) is 0 Å². The number of benzene rings is 2. The summed E-state index contributed by atoms with van der Waals surface area (Å²) in [6.45, 7) is 4.60. The summed E-state index contributed by atoms with van der Waals surface area (Å²) in [6.07, 6.45) is -0.0100. The number of aromatic nitrogens is 1. The average molecular weight is 349 g/mol. The van der Waals surface area contributed by atoms with E-state index in [1.165, 1.54) is 10.9 Å². The molecule has 1 heterocycles. The number of hydrogen-bond donors (Lipinski definition) is 4.